The summed E-state index contributed by atoms with van der Waals surface area (Å²) in [6.45, 7) is 2.13. The van der Waals surface area contributed by atoms with Crippen molar-refractivity contribution >= 4 is 0 Å². The van der Waals surface area contributed by atoms with Gasteiger partial charge in [0.25, 0.3) is 0 Å². The number of rotatable bonds is 3. The molecule has 1 saturated heterocycles. The van der Waals surface area contributed by atoms with E-state index in [1.807, 2.05) is 17.9 Å². The Balaban J connectivity index is 1.61. The third kappa shape index (κ3) is 2.28. The topological polar surface area (TPSA) is 38.9 Å². The second-order valence-corrected chi connectivity index (χ2v) is 6.70. The van der Waals surface area contributed by atoms with Gasteiger partial charge < -0.3 is 4.57 Å². The van der Waals surface area contributed by atoms with Crippen LogP contribution in [0.3, 0.4) is 0 Å². The minimum absolute atomic E-state index is 0.463. The van der Waals surface area contributed by atoms with Crippen molar-refractivity contribution in [2.24, 2.45) is 14.1 Å². The Morgan fingerprint density at radius 1 is 1.18 bits per heavy atom. The van der Waals surface area contributed by atoms with Crippen LogP contribution in [0.5, 0.6) is 0 Å². The fourth-order valence-corrected chi connectivity index (χ4v) is 4.08. The van der Waals surface area contributed by atoms with Crippen LogP contribution in [0.2, 0.25) is 0 Å². The molecule has 4 rings (SSSR count). The van der Waals surface area contributed by atoms with Gasteiger partial charge in [0.05, 0.1) is 17.4 Å². The van der Waals surface area contributed by atoms with Crippen LogP contribution < -0.4 is 0 Å². The van der Waals surface area contributed by atoms with Crippen LogP contribution in [-0.2, 0) is 33.5 Å². The molecule has 1 fully saturated rings. The monoisotopic (exact) mass is 299 g/mol. The van der Waals surface area contributed by atoms with Crippen molar-refractivity contribution in [3.63, 3.8) is 0 Å². The van der Waals surface area contributed by atoms with Crippen LogP contribution in [-0.4, -0.2) is 30.8 Å². The molecule has 0 radical (unpaired) electrons. The van der Waals surface area contributed by atoms with E-state index >= 15 is 0 Å². The van der Waals surface area contributed by atoms with Crippen molar-refractivity contribution in [3.05, 3.63) is 35.2 Å². The summed E-state index contributed by atoms with van der Waals surface area (Å²) in [5, 5.41) is 4.30. The average Bonchev–Trinajstić information content (AvgIpc) is 3.21. The minimum Gasteiger partial charge on any atom is -0.334 e. The normalized spacial score (nSPS) is 22.2. The van der Waals surface area contributed by atoms with E-state index in [0.717, 1.165) is 19.5 Å². The summed E-state index contributed by atoms with van der Waals surface area (Å²) in [4.78, 5) is 7.61. The molecule has 1 aliphatic carbocycles. The highest BCUT2D eigenvalue weighted by Gasteiger charge is 2.31. The van der Waals surface area contributed by atoms with Gasteiger partial charge in [-0.1, -0.05) is 0 Å². The molecule has 5 nitrogen and oxygen atoms in total. The first-order valence-corrected chi connectivity index (χ1v) is 8.49. The zero-order chi connectivity index (χ0) is 15.1. The Kier molecular flexibility index (Phi) is 3.53. The van der Waals surface area contributed by atoms with E-state index in [2.05, 4.69) is 27.7 Å². The lowest BCUT2D eigenvalue weighted by Crippen LogP contribution is -2.26. The number of hydrogen-bond acceptors (Lipinski definition) is 3. The quantitative estimate of drug-likeness (QED) is 0.873. The molecule has 118 valence electrons. The van der Waals surface area contributed by atoms with Crippen LogP contribution in [0.15, 0.2) is 12.3 Å². The molecule has 5 heteroatoms. The average molecular weight is 299 g/mol. The van der Waals surface area contributed by atoms with Crippen molar-refractivity contribution in [1.82, 2.24) is 24.2 Å². The molecule has 0 saturated carbocycles. The van der Waals surface area contributed by atoms with Crippen molar-refractivity contribution in [1.29, 1.82) is 0 Å². The number of likely N-dealkylation sites (tertiary alicyclic amines) is 1. The number of nitrogens with zero attached hydrogens (tertiary/aromatic N) is 5. The molecule has 1 atom stereocenters. The molecule has 22 heavy (non-hydrogen) atoms. The second kappa shape index (κ2) is 5.54. The van der Waals surface area contributed by atoms with Crippen LogP contribution in [0, 0.1) is 0 Å². The van der Waals surface area contributed by atoms with Crippen molar-refractivity contribution in [3.8, 4) is 0 Å². The highest BCUT2D eigenvalue weighted by molar-refractivity contribution is 5.22. The van der Waals surface area contributed by atoms with Gasteiger partial charge in [-0.2, -0.15) is 5.10 Å². The molecule has 1 aliphatic heterocycles. The molecule has 0 aromatic carbocycles. The van der Waals surface area contributed by atoms with E-state index in [4.69, 9.17) is 4.98 Å². The lowest BCUT2D eigenvalue weighted by molar-refractivity contribution is 0.230. The van der Waals surface area contributed by atoms with Gasteiger partial charge in [0.1, 0.15) is 5.82 Å². The van der Waals surface area contributed by atoms with Gasteiger partial charge in [0.15, 0.2) is 0 Å². The molecule has 0 N–H and O–H groups in total. The maximum atomic E-state index is 5.03. The summed E-state index contributed by atoms with van der Waals surface area (Å²) in [7, 11) is 4.24. The Morgan fingerprint density at radius 2 is 2.05 bits per heavy atom. The van der Waals surface area contributed by atoms with Gasteiger partial charge >= 0.3 is 0 Å². The molecule has 2 aromatic heterocycles. The Morgan fingerprint density at radius 3 is 2.82 bits per heavy atom. The van der Waals surface area contributed by atoms with Gasteiger partial charge in [0.2, 0.25) is 0 Å². The third-order valence-corrected chi connectivity index (χ3v) is 5.36. The Labute approximate surface area is 131 Å². The highest BCUT2D eigenvalue weighted by Crippen LogP contribution is 2.34. The van der Waals surface area contributed by atoms with Crippen molar-refractivity contribution < 1.29 is 0 Å². The first-order chi connectivity index (χ1) is 10.7. The molecule has 0 amide bonds. The van der Waals surface area contributed by atoms with Crippen LogP contribution in [0.4, 0.5) is 0 Å². The molecule has 0 bridgehead atoms. The first kappa shape index (κ1) is 14.0. The fraction of sp³-hybridized carbons (Fsp3) is 0.647. The van der Waals surface area contributed by atoms with Gasteiger partial charge in [-0.15, -0.1) is 0 Å². The summed E-state index contributed by atoms with van der Waals surface area (Å²) in [6.07, 6.45) is 9.36. The highest BCUT2D eigenvalue weighted by atomic mass is 15.3. The summed E-state index contributed by atoms with van der Waals surface area (Å²) >= 11 is 0. The van der Waals surface area contributed by atoms with Crippen LogP contribution in [0.25, 0.3) is 0 Å². The van der Waals surface area contributed by atoms with Gasteiger partial charge in [0, 0.05) is 32.5 Å². The van der Waals surface area contributed by atoms with Gasteiger partial charge in [-0.25, -0.2) is 4.98 Å². The summed E-state index contributed by atoms with van der Waals surface area (Å²) in [5.41, 5.74) is 4.12. The summed E-state index contributed by atoms with van der Waals surface area (Å²) < 4.78 is 4.37. The van der Waals surface area contributed by atoms with Crippen LogP contribution >= 0.6 is 0 Å². The van der Waals surface area contributed by atoms with E-state index in [0.29, 0.717) is 6.04 Å². The SMILES string of the molecule is Cn1nccc1CN1CCCC1c1nc2c(n1C)CCCC2. The van der Waals surface area contributed by atoms with E-state index in [9.17, 15) is 0 Å². The number of fused-ring (bicyclic) bond motifs is 1. The summed E-state index contributed by atoms with van der Waals surface area (Å²) in [5.74, 6) is 1.28. The zero-order valence-corrected chi connectivity index (χ0v) is 13.6. The lowest BCUT2D eigenvalue weighted by Gasteiger charge is -2.24. The Hall–Kier alpha value is -1.62. The van der Waals surface area contributed by atoms with Crippen molar-refractivity contribution in [2.45, 2.75) is 51.1 Å². The lowest BCUT2D eigenvalue weighted by atomic mass is 10.0. The molecular weight excluding hydrogens is 274 g/mol. The zero-order valence-electron chi connectivity index (χ0n) is 13.6. The predicted molar refractivity (Wildman–Crippen MR) is 85.4 cm³/mol. The smallest absolute Gasteiger partial charge is 0.126 e. The molecule has 0 spiro atoms. The fourth-order valence-electron chi connectivity index (χ4n) is 4.08. The van der Waals surface area contributed by atoms with Gasteiger partial charge in [-0.3, -0.25) is 9.58 Å². The molecular formula is C17H25N5. The number of imidazole rings is 1. The number of aryl methyl sites for hydroxylation is 2. The number of aromatic nitrogens is 4. The minimum atomic E-state index is 0.463. The molecule has 1 unspecified atom stereocenters. The molecule has 2 aliphatic rings. The maximum absolute atomic E-state index is 5.03. The third-order valence-electron chi connectivity index (χ3n) is 5.36. The van der Waals surface area contributed by atoms with Crippen molar-refractivity contribution in [2.75, 3.05) is 6.54 Å². The standard InChI is InChI=1S/C17H25N5/c1-20-15-7-4-3-6-14(15)19-17(20)16-8-5-11-22(16)12-13-9-10-18-21(13)2/h9-10,16H,3-8,11-12H2,1-2H3. The molecule has 3 heterocycles. The largest absolute Gasteiger partial charge is 0.334 e. The Bertz CT molecular complexity index is 669. The molecule has 2 aromatic rings. The predicted octanol–water partition coefficient (Wildman–Crippen LogP) is 2.37. The second-order valence-electron chi connectivity index (χ2n) is 6.70. The summed E-state index contributed by atoms with van der Waals surface area (Å²) in [6, 6.07) is 2.59. The first-order valence-electron chi connectivity index (χ1n) is 8.49. The maximum Gasteiger partial charge on any atom is 0.126 e. The van der Waals surface area contributed by atoms with E-state index in [1.54, 1.807) is 0 Å². The van der Waals surface area contributed by atoms with E-state index < -0.39 is 0 Å². The van der Waals surface area contributed by atoms with E-state index in [1.165, 1.54) is 55.0 Å². The van der Waals surface area contributed by atoms with Crippen LogP contribution in [0.1, 0.15) is 54.6 Å². The van der Waals surface area contributed by atoms with Gasteiger partial charge in [-0.05, 0) is 51.1 Å². The van der Waals surface area contributed by atoms with E-state index in [-0.39, 0.29) is 0 Å². The number of hydrogen-bond donors (Lipinski definition) is 0.